The summed E-state index contributed by atoms with van der Waals surface area (Å²) in [4.78, 5) is 18.9. The quantitative estimate of drug-likeness (QED) is 0.847. The smallest absolute Gasteiger partial charge is 0.238 e. The minimum absolute atomic E-state index is 0.155. The third-order valence-corrected chi connectivity index (χ3v) is 3.88. The number of morpholine rings is 1. The van der Waals surface area contributed by atoms with Gasteiger partial charge in [0.05, 0.1) is 19.8 Å². The number of aromatic nitrogens is 1. The van der Waals surface area contributed by atoms with Gasteiger partial charge in [-0.05, 0) is 6.92 Å². The Hall–Kier alpha value is -0.850. The van der Waals surface area contributed by atoms with Crippen molar-refractivity contribution in [3.8, 4) is 0 Å². The highest BCUT2D eigenvalue weighted by molar-refractivity contribution is 7.15. The third-order valence-electron chi connectivity index (χ3n) is 2.62. The molecule has 0 bridgehead atoms. The highest BCUT2D eigenvalue weighted by Gasteiger charge is 2.15. The molecule has 100 valence electrons. The van der Waals surface area contributed by atoms with Gasteiger partial charge in [0.2, 0.25) is 5.91 Å². The zero-order valence-electron chi connectivity index (χ0n) is 10.2. The molecule has 1 N–H and O–H groups in total. The molecule has 1 fully saturated rings. The van der Waals surface area contributed by atoms with Crippen LogP contribution in [0.25, 0.3) is 0 Å². The lowest BCUT2D eigenvalue weighted by molar-refractivity contribution is -0.120. The number of anilines is 1. The summed E-state index contributed by atoms with van der Waals surface area (Å²) in [6, 6.07) is 0. The minimum Gasteiger partial charge on any atom is -0.378 e. The first-order valence-electron chi connectivity index (χ1n) is 5.86. The number of ether oxygens (including phenoxy) is 1. The topological polar surface area (TPSA) is 54.5 Å². The van der Waals surface area contributed by atoms with Crippen LogP contribution in [0.4, 0.5) is 5.13 Å². The Morgan fingerprint density at radius 2 is 2.39 bits per heavy atom. The number of hydrogen-bond donors (Lipinski definition) is 1. The average molecular weight is 290 g/mol. The standard InChI is InChI=1S/C11H16ClN3O2S/c1-8(12)10(16)13-6-9-7-14-11(18-9)15-2-4-17-5-3-15/h7-8H,2-6H2,1H3,(H,13,16). The summed E-state index contributed by atoms with van der Waals surface area (Å²) in [7, 11) is 0. The van der Waals surface area contributed by atoms with Gasteiger partial charge in [0.1, 0.15) is 5.38 Å². The maximum atomic E-state index is 11.3. The number of hydrogen-bond acceptors (Lipinski definition) is 5. The van der Waals surface area contributed by atoms with Crippen molar-refractivity contribution in [2.24, 2.45) is 0 Å². The van der Waals surface area contributed by atoms with Crippen LogP contribution in [0.2, 0.25) is 0 Å². The van der Waals surface area contributed by atoms with E-state index in [0.717, 1.165) is 36.3 Å². The monoisotopic (exact) mass is 289 g/mol. The second kappa shape index (κ2) is 6.36. The second-order valence-corrected chi connectivity index (χ2v) is 5.79. The maximum absolute atomic E-state index is 11.3. The molecule has 1 aliphatic heterocycles. The van der Waals surface area contributed by atoms with Gasteiger partial charge in [0.15, 0.2) is 5.13 Å². The molecule has 1 aliphatic rings. The van der Waals surface area contributed by atoms with Crippen molar-refractivity contribution in [2.45, 2.75) is 18.8 Å². The van der Waals surface area contributed by atoms with E-state index < -0.39 is 5.38 Å². The second-order valence-electron chi connectivity index (χ2n) is 4.04. The summed E-state index contributed by atoms with van der Waals surface area (Å²) in [6.07, 6.45) is 1.80. The molecule has 1 amide bonds. The SMILES string of the molecule is CC(Cl)C(=O)NCc1cnc(N2CCOCC2)s1. The van der Waals surface area contributed by atoms with Crippen LogP contribution in [0.1, 0.15) is 11.8 Å². The first kappa shape index (κ1) is 13.6. The molecule has 5 nitrogen and oxygen atoms in total. The Morgan fingerprint density at radius 1 is 1.67 bits per heavy atom. The van der Waals surface area contributed by atoms with Gasteiger partial charge in [0, 0.05) is 24.2 Å². The summed E-state index contributed by atoms with van der Waals surface area (Å²) in [5.41, 5.74) is 0. The van der Waals surface area contributed by atoms with Crippen molar-refractivity contribution >= 4 is 34.0 Å². The Kier molecular flexibility index (Phi) is 4.79. The van der Waals surface area contributed by atoms with Gasteiger partial charge in [-0.2, -0.15) is 0 Å². The van der Waals surface area contributed by atoms with E-state index in [-0.39, 0.29) is 5.91 Å². The van der Waals surface area contributed by atoms with E-state index in [1.807, 2.05) is 0 Å². The van der Waals surface area contributed by atoms with E-state index in [1.165, 1.54) is 0 Å². The normalized spacial score (nSPS) is 17.6. The van der Waals surface area contributed by atoms with Crippen LogP contribution in [0.5, 0.6) is 0 Å². The molecule has 1 aromatic rings. The van der Waals surface area contributed by atoms with Crippen LogP contribution in [-0.2, 0) is 16.1 Å². The number of carbonyl (C=O) groups excluding carboxylic acids is 1. The van der Waals surface area contributed by atoms with E-state index in [9.17, 15) is 4.79 Å². The fourth-order valence-electron chi connectivity index (χ4n) is 1.59. The van der Waals surface area contributed by atoms with Crippen molar-refractivity contribution in [1.29, 1.82) is 0 Å². The Morgan fingerprint density at radius 3 is 3.06 bits per heavy atom. The Balaban J connectivity index is 1.87. The predicted molar refractivity (Wildman–Crippen MR) is 72.3 cm³/mol. The first-order valence-corrected chi connectivity index (χ1v) is 7.11. The van der Waals surface area contributed by atoms with Gasteiger partial charge in [-0.25, -0.2) is 4.98 Å². The molecule has 1 saturated heterocycles. The summed E-state index contributed by atoms with van der Waals surface area (Å²) in [6.45, 7) is 5.38. The largest absolute Gasteiger partial charge is 0.378 e. The van der Waals surface area contributed by atoms with Crippen LogP contribution in [0.3, 0.4) is 0 Å². The highest BCUT2D eigenvalue weighted by atomic mass is 35.5. The predicted octanol–water partition coefficient (Wildman–Crippen LogP) is 1.22. The molecule has 0 saturated carbocycles. The molecular formula is C11H16ClN3O2S. The van der Waals surface area contributed by atoms with E-state index in [2.05, 4.69) is 15.2 Å². The fourth-order valence-corrected chi connectivity index (χ4v) is 2.57. The van der Waals surface area contributed by atoms with Crippen molar-refractivity contribution in [3.63, 3.8) is 0 Å². The minimum atomic E-state index is -0.503. The Labute approximate surface area is 115 Å². The molecule has 7 heteroatoms. The molecule has 1 unspecified atom stereocenters. The number of amides is 1. The van der Waals surface area contributed by atoms with Gasteiger partial charge in [-0.1, -0.05) is 0 Å². The highest BCUT2D eigenvalue weighted by Crippen LogP contribution is 2.23. The molecule has 0 aliphatic carbocycles. The van der Waals surface area contributed by atoms with Gasteiger partial charge < -0.3 is 15.0 Å². The molecule has 1 atom stereocenters. The molecule has 2 heterocycles. The number of nitrogens with zero attached hydrogens (tertiary/aromatic N) is 2. The van der Waals surface area contributed by atoms with Crippen molar-refractivity contribution in [1.82, 2.24) is 10.3 Å². The molecule has 1 aromatic heterocycles. The zero-order valence-corrected chi connectivity index (χ0v) is 11.8. The lowest BCUT2D eigenvalue weighted by atomic mass is 10.4. The lowest BCUT2D eigenvalue weighted by Crippen LogP contribution is -2.36. The summed E-state index contributed by atoms with van der Waals surface area (Å²) in [5, 5.41) is 3.26. The maximum Gasteiger partial charge on any atom is 0.238 e. The molecular weight excluding hydrogens is 274 g/mol. The number of nitrogens with one attached hydrogen (secondary N) is 1. The van der Waals surface area contributed by atoms with Crippen molar-refractivity contribution < 1.29 is 9.53 Å². The number of alkyl halides is 1. The summed E-state index contributed by atoms with van der Waals surface area (Å²) in [5.74, 6) is -0.155. The number of carbonyl (C=O) groups is 1. The molecule has 2 rings (SSSR count). The van der Waals surface area contributed by atoms with Crippen LogP contribution in [0, 0.1) is 0 Å². The van der Waals surface area contributed by atoms with Crippen LogP contribution in [-0.4, -0.2) is 42.6 Å². The van der Waals surface area contributed by atoms with Crippen molar-refractivity contribution in [2.75, 3.05) is 31.2 Å². The van der Waals surface area contributed by atoms with E-state index in [0.29, 0.717) is 6.54 Å². The Bertz CT molecular complexity index is 405. The van der Waals surface area contributed by atoms with Gasteiger partial charge in [0.25, 0.3) is 0 Å². The number of halogens is 1. The molecule has 0 radical (unpaired) electrons. The fraction of sp³-hybridized carbons (Fsp3) is 0.636. The first-order chi connectivity index (χ1) is 8.66. The van der Waals surface area contributed by atoms with Crippen LogP contribution >= 0.6 is 22.9 Å². The van der Waals surface area contributed by atoms with E-state index in [4.69, 9.17) is 16.3 Å². The molecule has 18 heavy (non-hydrogen) atoms. The van der Waals surface area contributed by atoms with Crippen LogP contribution < -0.4 is 10.2 Å². The van der Waals surface area contributed by atoms with Gasteiger partial charge in [-0.15, -0.1) is 22.9 Å². The van der Waals surface area contributed by atoms with E-state index in [1.54, 1.807) is 24.5 Å². The third kappa shape index (κ3) is 3.57. The average Bonchev–Trinajstić information content (AvgIpc) is 2.85. The van der Waals surface area contributed by atoms with E-state index >= 15 is 0 Å². The lowest BCUT2D eigenvalue weighted by Gasteiger charge is -2.25. The summed E-state index contributed by atoms with van der Waals surface area (Å²) < 4.78 is 5.30. The number of rotatable bonds is 4. The number of thiazole rings is 1. The van der Waals surface area contributed by atoms with Crippen molar-refractivity contribution in [3.05, 3.63) is 11.1 Å². The molecule has 0 aromatic carbocycles. The van der Waals surface area contributed by atoms with Crippen LogP contribution in [0.15, 0.2) is 6.20 Å². The summed E-state index contributed by atoms with van der Waals surface area (Å²) >= 11 is 7.27. The molecule has 0 spiro atoms. The van der Waals surface area contributed by atoms with Gasteiger partial charge in [-0.3, -0.25) is 4.79 Å². The van der Waals surface area contributed by atoms with Gasteiger partial charge >= 0.3 is 0 Å². The zero-order chi connectivity index (χ0) is 13.0.